The second kappa shape index (κ2) is 9.41. The molecule has 0 aliphatic heterocycles. The van der Waals surface area contributed by atoms with Gasteiger partial charge in [-0.15, -0.1) is 0 Å². The van der Waals surface area contributed by atoms with E-state index in [2.05, 4.69) is 34.6 Å². The van der Waals surface area contributed by atoms with Gasteiger partial charge in [-0.3, -0.25) is 4.79 Å². The summed E-state index contributed by atoms with van der Waals surface area (Å²) in [7, 11) is 0. The average Bonchev–Trinajstić information content (AvgIpc) is 2.23. The fourth-order valence-corrected chi connectivity index (χ4v) is 2.15. The van der Waals surface area contributed by atoms with Crippen molar-refractivity contribution in [3.8, 4) is 0 Å². The molecule has 0 N–H and O–H groups in total. The van der Waals surface area contributed by atoms with Crippen LogP contribution in [0.3, 0.4) is 0 Å². The fraction of sp³-hybridized carbons (Fsp3) is 0.938. The molecule has 0 amide bonds. The lowest BCUT2D eigenvalue weighted by Crippen LogP contribution is -2.25. The molecule has 0 fully saturated rings. The van der Waals surface area contributed by atoms with Crippen molar-refractivity contribution in [3.63, 3.8) is 0 Å². The molecule has 0 saturated carbocycles. The van der Waals surface area contributed by atoms with Crippen molar-refractivity contribution < 1.29 is 9.53 Å². The molecule has 0 aromatic carbocycles. The highest BCUT2D eigenvalue weighted by molar-refractivity contribution is 5.72. The number of hydrogen-bond donors (Lipinski definition) is 0. The maximum atomic E-state index is 12.0. The van der Waals surface area contributed by atoms with Crippen molar-refractivity contribution in [2.75, 3.05) is 0 Å². The van der Waals surface area contributed by atoms with Gasteiger partial charge in [0.15, 0.2) is 0 Å². The number of esters is 1. The number of rotatable bonds is 9. The van der Waals surface area contributed by atoms with E-state index < -0.39 is 0 Å². The summed E-state index contributed by atoms with van der Waals surface area (Å²) in [4.78, 5) is 12.0. The highest BCUT2D eigenvalue weighted by Gasteiger charge is 2.21. The first-order valence-electron chi connectivity index (χ1n) is 7.57. The Balaban J connectivity index is 4.24. The maximum absolute atomic E-state index is 12.0. The number of ether oxygens (including phenoxy) is 1. The third kappa shape index (κ3) is 8.54. The number of unbranched alkanes of at least 4 members (excludes halogenated alkanes) is 1. The van der Waals surface area contributed by atoms with Gasteiger partial charge in [-0.25, -0.2) is 0 Å². The molecular weight excluding hydrogens is 224 g/mol. The molecule has 0 radical (unpaired) electrons. The van der Waals surface area contributed by atoms with E-state index in [9.17, 15) is 4.79 Å². The zero-order chi connectivity index (χ0) is 14.1. The van der Waals surface area contributed by atoms with Crippen molar-refractivity contribution in [1.29, 1.82) is 0 Å². The topological polar surface area (TPSA) is 26.3 Å². The van der Waals surface area contributed by atoms with E-state index >= 15 is 0 Å². The van der Waals surface area contributed by atoms with Crippen LogP contribution >= 0.6 is 0 Å². The molecule has 0 aromatic heterocycles. The van der Waals surface area contributed by atoms with Crippen LogP contribution in [0, 0.1) is 17.8 Å². The summed E-state index contributed by atoms with van der Waals surface area (Å²) in [6, 6.07) is 0. The van der Waals surface area contributed by atoms with Gasteiger partial charge < -0.3 is 4.74 Å². The van der Waals surface area contributed by atoms with Crippen LogP contribution in [0.25, 0.3) is 0 Å². The highest BCUT2D eigenvalue weighted by atomic mass is 16.5. The summed E-state index contributed by atoms with van der Waals surface area (Å²) in [6.45, 7) is 12.9. The Labute approximate surface area is 113 Å². The van der Waals surface area contributed by atoms with Crippen LogP contribution in [0.5, 0.6) is 0 Å². The number of carbonyl (C=O) groups excluding carboxylic acids is 1. The lowest BCUT2D eigenvalue weighted by atomic mass is 9.97. The SMILES string of the molecule is CCCCC(C)C(=O)OC(CC(C)C)CC(C)C. The predicted octanol–water partition coefficient (Wildman–Crippen LogP) is 4.82. The summed E-state index contributed by atoms with van der Waals surface area (Å²) < 4.78 is 5.69. The first-order chi connectivity index (χ1) is 8.36. The number of carbonyl (C=O) groups is 1. The van der Waals surface area contributed by atoms with E-state index in [0.717, 1.165) is 32.1 Å². The summed E-state index contributed by atoms with van der Waals surface area (Å²) >= 11 is 0. The third-order valence-electron chi connectivity index (χ3n) is 3.14. The Morgan fingerprint density at radius 2 is 1.50 bits per heavy atom. The van der Waals surface area contributed by atoms with Gasteiger partial charge in [-0.1, -0.05) is 54.4 Å². The molecular formula is C16H32O2. The third-order valence-corrected chi connectivity index (χ3v) is 3.14. The molecule has 2 nitrogen and oxygen atoms in total. The van der Waals surface area contributed by atoms with Gasteiger partial charge in [0, 0.05) is 0 Å². The van der Waals surface area contributed by atoms with Crippen LogP contribution < -0.4 is 0 Å². The molecule has 108 valence electrons. The largest absolute Gasteiger partial charge is 0.462 e. The summed E-state index contributed by atoms with van der Waals surface area (Å²) in [5.74, 6) is 1.20. The zero-order valence-electron chi connectivity index (χ0n) is 13.2. The van der Waals surface area contributed by atoms with Crippen LogP contribution in [-0.2, 0) is 9.53 Å². The van der Waals surface area contributed by atoms with Crippen molar-refractivity contribution in [1.82, 2.24) is 0 Å². The maximum Gasteiger partial charge on any atom is 0.308 e. The van der Waals surface area contributed by atoms with E-state index in [1.807, 2.05) is 6.92 Å². The molecule has 2 heteroatoms. The molecule has 0 aliphatic carbocycles. The van der Waals surface area contributed by atoms with E-state index in [1.54, 1.807) is 0 Å². The lowest BCUT2D eigenvalue weighted by molar-refractivity contribution is -0.155. The van der Waals surface area contributed by atoms with Crippen LogP contribution in [0.15, 0.2) is 0 Å². The minimum absolute atomic E-state index is 0.00486. The Kier molecular flexibility index (Phi) is 9.13. The van der Waals surface area contributed by atoms with Gasteiger partial charge >= 0.3 is 5.97 Å². The normalized spacial score (nSPS) is 13.4. The number of hydrogen-bond acceptors (Lipinski definition) is 2. The highest BCUT2D eigenvalue weighted by Crippen LogP contribution is 2.19. The quantitative estimate of drug-likeness (QED) is 0.553. The summed E-state index contributed by atoms with van der Waals surface area (Å²) in [5, 5.41) is 0. The van der Waals surface area contributed by atoms with Gasteiger partial charge in [0.2, 0.25) is 0 Å². The second-order valence-corrected chi connectivity index (χ2v) is 6.36. The van der Waals surface area contributed by atoms with Crippen molar-refractivity contribution >= 4 is 5.97 Å². The zero-order valence-corrected chi connectivity index (χ0v) is 13.2. The fourth-order valence-electron chi connectivity index (χ4n) is 2.15. The molecule has 0 spiro atoms. The first kappa shape index (κ1) is 17.5. The minimum Gasteiger partial charge on any atom is -0.462 e. The van der Waals surface area contributed by atoms with Crippen molar-refractivity contribution in [2.45, 2.75) is 79.8 Å². The monoisotopic (exact) mass is 256 g/mol. The molecule has 0 aromatic rings. The first-order valence-corrected chi connectivity index (χ1v) is 7.57. The van der Waals surface area contributed by atoms with Crippen LogP contribution in [0.2, 0.25) is 0 Å². The Morgan fingerprint density at radius 1 is 1.00 bits per heavy atom. The van der Waals surface area contributed by atoms with E-state index in [1.165, 1.54) is 0 Å². The standard InChI is InChI=1S/C16H32O2/c1-7-8-9-14(6)16(17)18-15(10-12(2)3)11-13(4)5/h12-15H,7-11H2,1-6H3. The summed E-state index contributed by atoms with van der Waals surface area (Å²) in [6.07, 6.45) is 5.25. The van der Waals surface area contributed by atoms with E-state index in [-0.39, 0.29) is 18.0 Å². The lowest BCUT2D eigenvalue weighted by Gasteiger charge is -2.23. The van der Waals surface area contributed by atoms with Crippen molar-refractivity contribution in [3.05, 3.63) is 0 Å². The second-order valence-electron chi connectivity index (χ2n) is 6.36. The Morgan fingerprint density at radius 3 is 1.89 bits per heavy atom. The van der Waals surface area contributed by atoms with E-state index in [0.29, 0.717) is 11.8 Å². The average molecular weight is 256 g/mol. The Bertz CT molecular complexity index is 211. The van der Waals surface area contributed by atoms with Gasteiger partial charge in [-0.2, -0.15) is 0 Å². The van der Waals surface area contributed by atoms with Crippen LogP contribution in [0.4, 0.5) is 0 Å². The molecule has 18 heavy (non-hydrogen) atoms. The van der Waals surface area contributed by atoms with Gasteiger partial charge in [0.1, 0.15) is 6.10 Å². The van der Waals surface area contributed by atoms with Crippen LogP contribution in [0.1, 0.15) is 73.6 Å². The minimum atomic E-state index is -0.00486. The van der Waals surface area contributed by atoms with Gasteiger partial charge in [0.05, 0.1) is 5.92 Å². The molecule has 1 unspecified atom stereocenters. The molecule has 0 rings (SSSR count). The van der Waals surface area contributed by atoms with E-state index in [4.69, 9.17) is 4.74 Å². The molecule has 0 bridgehead atoms. The van der Waals surface area contributed by atoms with Crippen LogP contribution in [-0.4, -0.2) is 12.1 Å². The Hall–Kier alpha value is -0.530. The summed E-state index contributed by atoms with van der Waals surface area (Å²) in [5.41, 5.74) is 0. The van der Waals surface area contributed by atoms with Gasteiger partial charge in [0.25, 0.3) is 0 Å². The molecule has 1 atom stereocenters. The molecule has 0 aliphatic rings. The predicted molar refractivity (Wildman–Crippen MR) is 77.5 cm³/mol. The van der Waals surface area contributed by atoms with Gasteiger partial charge in [-0.05, 0) is 31.1 Å². The smallest absolute Gasteiger partial charge is 0.308 e. The molecule has 0 heterocycles. The molecule has 0 saturated heterocycles. The van der Waals surface area contributed by atoms with Crippen molar-refractivity contribution in [2.24, 2.45) is 17.8 Å².